The molecule has 1 aromatic heterocycles. The lowest BCUT2D eigenvalue weighted by atomic mass is 10.1. The van der Waals surface area contributed by atoms with Gasteiger partial charge < -0.3 is 11.1 Å². The first-order valence-corrected chi connectivity index (χ1v) is 5.68. The van der Waals surface area contributed by atoms with Crippen LogP contribution in [0, 0.1) is 0 Å². The zero-order valence-electron chi connectivity index (χ0n) is 9.95. The van der Waals surface area contributed by atoms with Gasteiger partial charge in [0.05, 0.1) is 5.69 Å². The summed E-state index contributed by atoms with van der Waals surface area (Å²) in [6.45, 7) is 5.91. The number of nitrogens with zero attached hydrogens (tertiary/aromatic N) is 2. The van der Waals surface area contributed by atoms with Crippen LogP contribution < -0.4 is 11.1 Å². The Morgan fingerprint density at radius 2 is 2.27 bits per heavy atom. The second kappa shape index (κ2) is 5.88. The summed E-state index contributed by atoms with van der Waals surface area (Å²) < 4.78 is 1.87. The molecule has 1 rings (SSSR count). The molecule has 0 fully saturated rings. The van der Waals surface area contributed by atoms with Crippen molar-refractivity contribution in [2.75, 3.05) is 13.1 Å². The van der Waals surface area contributed by atoms with E-state index in [2.05, 4.69) is 30.5 Å². The second-order valence-corrected chi connectivity index (χ2v) is 3.80. The molecule has 0 radical (unpaired) electrons. The van der Waals surface area contributed by atoms with Crippen molar-refractivity contribution in [3.05, 3.63) is 17.5 Å². The largest absolute Gasteiger partial charge is 0.329 e. The van der Waals surface area contributed by atoms with E-state index in [4.69, 9.17) is 5.73 Å². The highest BCUT2D eigenvalue weighted by Gasteiger charge is 2.15. The molecule has 0 aliphatic rings. The molecular weight excluding hydrogens is 188 g/mol. The van der Waals surface area contributed by atoms with Gasteiger partial charge in [-0.15, -0.1) is 0 Å². The summed E-state index contributed by atoms with van der Waals surface area (Å²) >= 11 is 0. The van der Waals surface area contributed by atoms with E-state index in [1.807, 2.05) is 11.7 Å². The first-order chi connectivity index (χ1) is 7.22. The highest BCUT2D eigenvalue weighted by atomic mass is 15.3. The Labute approximate surface area is 91.8 Å². The van der Waals surface area contributed by atoms with E-state index in [-0.39, 0.29) is 6.04 Å². The van der Waals surface area contributed by atoms with Crippen LogP contribution in [0.25, 0.3) is 0 Å². The number of nitrogens with one attached hydrogen (secondary N) is 1. The van der Waals surface area contributed by atoms with Gasteiger partial charge in [0.25, 0.3) is 0 Å². The standard InChI is InChI=1S/C11H22N4/c1-4-6-13-11(7-12)9-8-15(3)14-10(9)5-2/h8,11,13H,4-7,12H2,1-3H3. The predicted octanol–water partition coefficient (Wildman–Crippen LogP) is 0.982. The average molecular weight is 210 g/mol. The lowest BCUT2D eigenvalue weighted by molar-refractivity contribution is 0.536. The molecule has 1 atom stereocenters. The van der Waals surface area contributed by atoms with Crippen LogP contribution in [-0.2, 0) is 13.5 Å². The summed E-state index contributed by atoms with van der Waals surface area (Å²) in [7, 11) is 1.95. The Balaban J connectivity index is 2.80. The summed E-state index contributed by atoms with van der Waals surface area (Å²) in [5, 5.41) is 7.87. The molecule has 15 heavy (non-hydrogen) atoms. The third kappa shape index (κ3) is 3.04. The van der Waals surface area contributed by atoms with Crippen molar-refractivity contribution in [3.8, 4) is 0 Å². The number of aromatic nitrogens is 2. The maximum atomic E-state index is 5.78. The van der Waals surface area contributed by atoms with Gasteiger partial charge in [0, 0.05) is 31.4 Å². The second-order valence-electron chi connectivity index (χ2n) is 3.80. The molecular formula is C11H22N4. The molecule has 0 aliphatic carbocycles. The van der Waals surface area contributed by atoms with Crippen molar-refractivity contribution in [2.24, 2.45) is 12.8 Å². The molecule has 0 saturated heterocycles. The van der Waals surface area contributed by atoms with Crippen molar-refractivity contribution >= 4 is 0 Å². The van der Waals surface area contributed by atoms with Crippen LogP contribution in [0.4, 0.5) is 0 Å². The molecule has 1 unspecified atom stereocenters. The molecule has 3 N–H and O–H groups in total. The smallest absolute Gasteiger partial charge is 0.0670 e. The van der Waals surface area contributed by atoms with Crippen LogP contribution >= 0.6 is 0 Å². The van der Waals surface area contributed by atoms with Gasteiger partial charge in [0.2, 0.25) is 0 Å². The Hall–Kier alpha value is -0.870. The maximum Gasteiger partial charge on any atom is 0.0670 e. The van der Waals surface area contributed by atoms with Crippen LogP contribution in [0.3, 0.4) is 0 Å². The fourth-order valence-corrected chi connectivity index (χ4v) is 1.76. The quantitative estimate of drug-likeness (QED) is 0.736. The van der Waals surface area contributed by atoms with Gasteiger partial charge in [-0.25, -0.2) is 0 Å². The molecule has 4 heteroatoms. The normalized spacial score (nSPS) is 13.1. The van der Waals surface area contributed by atoms with E-state index in [0.717, 1.165) is 25.1 Å². The SMILES string of the molecule is CCCNC(CN)c1cn(C)nc1CC. The first kappa shape index (κ1) is 12.2. The van der Waals surface area contributed by atoms with Crippen LogP contribution in [0.1, 0.15) is 37.6 Å². The minimum Gasteiger partial charge on any atom is -0.329 e. The number of nitrogens with two attached hydrogens (primary N) is 1. The molecule has 0 spiro atoms. The van der Waals surface area contributed by atoms with Crippen molar-refractivity contribution < 1.29 is 0 Å². The summed E-state index contributed by atoms with van der Waals surface area (Å²) in [5.74, 6) is 0. The van der Waals surface area contributed by atoms with Gasteiger partial charge >= 0.3 is 0 Å². The number of rotatable bonds is 6. The van der Waals surface area contributed by atoms with Crippen LogP contribution in [0.5, 0.6) is 0 Å². The number of aryl methyl sites for hydroxylation is 2. The van der Waals surface area contributed by atoms with Gasteiger partial charge in [-0.1, -0.05) is 13.8 Å². The summed E-state index contributed by atoms with van der Waals surface area (Å²) in [4.78, 5) is 0. The van der Waals surface area contributed by atoms with Gasteiger partial charge in [0.15, 0.2) is 0 Å². The molecule has 1 heterocycles. The summed E-state index contributed by atoms with van der Waals surface area (Å²) in [6, 6.07) is 0.244. The van der Waals surface area contributed by atoms with E-state index in [0.29, 0.717) is 6.54 Å². The van der Waals surface area contributed by atoms with Crippen LogP contribution in [-0.4, -0.2) is 22.9 Å². The van der Waals surface area contributed by atoms with Gasteiger partial charge in [-0.3, -0.25) is 4.68 Å². The van der Waals surface area contributed by atoms with E-state index >= 15 is 0 Å². The molecule has 0 aliphatic heterocycles. The monoisotopic (exact) mass is 210 g/mol. The van der Waals surface area contributed by atoms with Crippen LogP contribution in [0.2, 0.25) is 0 Å². The minimum atomic E-state index is 0.244. The Morgan fingerprint density at radius 1 is 1.53 bits per heavy atom. The first-order valence-electron chi connectivity index (χ1n) is 5.68. The fourth-order valence-electron chi connectivity index (χ4n) is 1.76. The number of hydrogen-bond donors (Lipinski definition) is 2. The zero-order valence-corrected chi connectivity index (χ0v) is 9.95. The van der Waals surface area contributed by atoms with E-state index < -0.39 is 0 Å². The predicted molar refractivity (Wildman–Crippen MR) is 62.7 cm³/mol. The fraction of sp³-hybridized carbons (Fsp3) is 0.727. The molecule has 0 aromatic carbocycles. The number of hydrogen-bond acceptors (Lipinski definition) is 3. The third-order valence-corrected chi connectivity index (χ3v) is 2.52. The van der Waals surface area contributed by atoms with E-state index in [1.165, 1.54) is 5.56 Å². The highest BCUT2D eigenvalue weighted by Crippen LogP contribution is 2.16. The molecule has 0 bridgehead atoms. The van der Waals surface area contributed by atoms with Crippen molar-refractivity contribution in [2.45, 2.75) is 32.7 Å². The zero-order chi connectivity index (χ0) is 11.3. The van der Waals surface area contributed by atoms with Crippen molar-refractivity contribution in [1.82, 2.24) is 15.1 Å². The van der Waals surface area contributed by atoms with Gasteiger partial charge in [-0.2, -0.15) is 5.10 Å². The summed E-state index contributed by atoms with van der Waals surface area (Å²) in [5.41, 5.74) is 8.17. The highest BCUT2D eigenvalue weighted by molar-refractivity contribution is 5.21. The van der Waals surface area contributed by atoms with Crippen molar-refractivity contribution in [1.29, 1.82) is 0 Å². The van der Waals surface area contributed by atoms with E-state index in [1.54, 1.807) is 0 Å². The van der Waals surface area contributed by atoms with E-state index in [9.17, 15) is 0 Å². The minimum absolute atomic E-state index is 0.244. The lowest BCUT2D eigenvalue weighted by Gasteiger charge is -2.15. The van der Waals surface area contributed by atoms with Crippen molar-refractivity contribution in [3.63, 3.8) is 0 Å². The third-order valence-electron chi connectivity index (χ3n) is 2.52. The average Bonchev–Trinajstić information content (AvgIpc) is 2.61. The molecule has 1 aromatic rings. The molecule has 0 amide bonds. The van der Waals surface area contributed by atoms with Gasteiger partial charge in [-0.05, 0) is 19.4 Å². The molecule has 0 saturated carbocycles. The van der Waals surface area contributed by atoms with Crippen LogP contribution in [0.15, 0.2) is 6.20 Å². The lowest BCUT2D eigenvalue weighted by Crippen LogP contribution is -2.29. The molecule has 86 valence electrons. The molecule has 4 nitrogen and oxygen atoms in total. The Bertz CT molecular complexity index is 293. The topological polar surface area (TPSA) is 55.9 Å². The van der Waals surface area contributed by atoms with Gasteiger partial charge in [0.1, 0.15) is 0 Å². The Morgan fingerprint density at radius 3 is 2.80 bits per heavy atom. The summed E-state index contributed by atoms with van der Waals surface area (Å²) in [6.07, 6.45) is 4.15. The Kier molecular flexibility index (Phi) is 4.78. The maximum absolute atomic E-state index is 5.78.